The molecule has 0 aliphatic heterocycles. The number of nitrogens with zero attached hydrogens (tertiary/aromatic N) is 3. The molecule has 0 aliphatic carbocycles. The monoisotopic (exact) mass is 353 g/mol. The maximum Gasteiger partial charge on any atom is 0.169 e. The number of imidazole rings is 1. The van der Waals surface area contributed by atoms with Crippen molar-refractivity contribution in [1.29, 1.82) is 0 Å². The Morgan fingerprint density at radius 2 is 2.16 bits per heavy atom. The van der Waals surface area contributed by atoms with Gasteiger partial charge < -0.3 is 4.40 Å². The fourth-order valence-electron chi connectivity index (χ4n) is 1.73. The highest BCUT2D eigenvalue weighted by Gasteiger charge is 2.08. The lowest BCUT2D eigenvalue weighted by Crippen LogP contribution is -1.92. The van der Waals surface area contributed by atoms with E-state index in [1.54, 1.807) is 18.0 Å². The van der Waals surface area contributed by atoms with E-state index < -0.39 is 0 Å². The lowest BCUT2D eigenvalue weighted by Gasteiger charge is -2.05. The normalized spacial score (nSPS) is 11.1. The average Bonchev–Trinajstić information content (AvgIpc) is 2.85. The first kappa shape index (κ1) is 13.0. The van der Waals surface area contributed by atoms with Gasteiger partial charge in [-0.25, -0.2) is 9.97 Å². The van der Waals surface area contributed by atoms with Gasteiger partial charge >= 0.3 is 0 Å². The maximum absolute atomic E-state index is 6.16. The van der Waals surface area contributed by atoms with Crippen molar-refractivity contribution in [3.8, 4) is 0 Å². The SMILES string of the molecule is Clc1ccccc1CSc1nc(Br)cn2ccnc12. The lowest BCUT2D eigenvalue weighted by atomic mass is 10.2. The van der Waals surface area contributed by atoms with Gasteiger partial charge in [-0.3, -0.25) is 0 Å². The highest BCUT2D eigenvalue weighted by Crippen LogP contribution is 2.28. The molecule has 0 atom stereocenters. The largest absolute Gasteiger partial charge is 0.302 e. The van der Waals surface area contributed by atoms with Crippen molar-refractivity contribution in [2.24, 2.45) is 0 Å². The second kappa shape index (κ2) is 5.53. The van der Waals surface area contributed by atoms with Crippen molar-refractivity contribution in [1.82, 2.24) is 14.4 Å². The van der Waals surface area contributed by atoms with E-state index in [2.05, 4.69) is 25.9 Å². The van der Waals surface area contributed by atoms with Crippen molar-refractivity contribution < 1.29 is 0 Å². The molecule has 3 aromatic rings. The molecule has 96 valence electrons. The molecule has 0 aliphatic rings. The minimum Gasteiger partial charge on any atom is -0.302 e. The number of thioether (sulfide) groups is 1. The zero-order chi connectivity index (χ0) is 13.2. The van der Waals surface area contributed by atoms with Gasteiger partial charge in [0.1, 0.15) is 9.63 Å². The summed E-state index contributed by atoms with van der Waals surface area (Å²) in [7, 11) is 0. The summed E-state index contributed by atoms with van der Waals surface area (Å²) in [4.78, 5) is 8.79. The van der Waals surface area contributed by atoms with Gasteiger partial charge in [-0.05, 0) is 27.6 Å². The van der Waals surface area contributed by atoms with E-state index in [-0.39, 0.29) is 0 Å². The van der Waals surface area contributed by atoms with Crippen molar-refractivity contribution in [3.05, 3.63) is 58.0 Å². The van der Waals surface area contributed by atoms with Gasteiger partial charge in [0.2, 0.25) is 0 Å². The van der Waals surface area contributed by atoms with Crippen LogP contribution < -0.4 is 0 Å². The summed E-state index contributed by atoms with van der Waals surface area (Å²) < 4.78 is 2.74. The molecule has 0 unspecified atom stereocenters. The van der Waals surface area contributed by atoms with Crippen LogP contribution in [0.3, 0.4) is 0 Å². The van der Waals surface area contributed by atoms with E-state index in [9.17, 15) is 0 Å². The second-order valence-electron chi connectivity index (χ2n) is 3.91. The van der Waals surface area contributed by atoms with Crippen LogP contribution in [0.25, 0.3) is 5.65 Å². The predicted octanol–water partition coefficient (Wildman–Crippen LogP) is 4.44. The zero-order valence-electron chi connectivity index (χ0n) is 9.75. The van der Waals surface area contributed by atoms with Crippen LogP contribution in [0, 0.1) is 0 Å². The fourth-order valence-corrected chi connectivity index (χ4v) is 3.52. The molecule has 1 aromatic carbocycles. The van der Waals surface area contributed by atoms with Gasteiger partial charge in [0.05, 0.1) is 0 Å². The molecule has 0 saturated heterocycles. The third-order valence-electron chi connectivity index (χ3n) is 2.64. The third-order valence-corrected chi connectivity index (χ3v) is 4.39. The van der Waals surface area contributed by atoms with Gasteiger partial charge in [-0.15, -0.1) is 0 Å². The topological polar surface area (TPSA) is 30.2 Å². The minimum atomic E-state index is 0.769. The smallest absolute Gasteiger partial charge is 0.169 e. The number of rotatable bonds is 3. The van der Waals surface area contributed by atoms with Crippen molar-refractivity contribution in [2.75, 3.05) is 0 Å². The van der Waals surface area contributed by atoms with Crippen LogP contribution in [0.1, 0.15) is 5.56 Å². The first-order valence-electron chi connectivity index (χ1n) is 5.59. The van der Waals surface area contributed by atoms with E-state index in [0.29, 0.717) is 0 Å². The number of hydrogen-bond donors (Lipinski definition) is 0. The first-order valence-corrected chi connectivity index (χ1v) is 7.75. The number of benzene rings is 1. The molecule has 2 aromatic heterocycles. The van der Waals surface area contributed by atoms with Gasteiger partial charge in [0, 0.05) is 29.4 Å². The van der Waals surface area contributed by atoms with Gasteiger partial charge in [0.15, 0.2) is 5.65 Å². The molecule has 0 saturated carbocycles. The van der Waals surface area contributed by atoms with Crippen LogP contribution in [0.2, 0.25) is 5.02 Å². The molecule has 0 fully saturated rings. The molecule has 2 heterocycles. The van der Waals surface area contributed by atoms with E-state index >= 15 is 0 Å². The van der Waals surface area contributed by atoms with Crippen molar-refractivity contribution in [3.63, 3.8) is 0 Å². The lowest BCUT2D eigenvalue weighted by molar-refractivity contribution is 1.01. The highest BCUT2D eigenvalue weighted by molar-refractivity contribution is 9.10. The molecule has 0 bridgehead atoms. The molecule has 0 spiro atoms. The summed E-state index contributed by atoms with van der Waals surface area (Å²) in [6.45, 7) is 0. The number of halogens is 2. The van der Waals surface area contributed by atoms with Crippen LogP contribution in [0.4, 0.5) is 0 Å². The Morgan fingerprint density at radius 3 is 3.00 bits per heavy atom. The van der Waals surface area contributed by atoms with Crippen LogP contribution in [0.15, 0.2) is 52.5 Å². The van der Waals surface area contributed by atoms with Crippen LogP contribution in [-0.2, 0) is 5.75 Å². The Morgan fingerprint density at radius 1 is 1.32 bits per heavy atom. The summed E-state index contributed by atoms with van der Waals surface area (Å²) in [5, 5.41) is 1.67. The fraction of sp³-hybridized carbons (Fsp3) is 0.0769. The van der Waals surface area contributed by atoms with Gasteiger partial charge in [-0.1, -0.05) is 41.6 Å². The number of aromatic nitrogens is 3. The average molecular weight is 355 g/mol. The molecule has 0 amide bonds. The Labute approximate surface area is 128 Å². The Bertz CT molecular complexity index is 729. The molecule has 0 N–H and O–H groups in total. The Kier molecular flexibility index (Phi) is 3.77. The predicted molar refractivity (Wildman–Crippen MR) is 81.7 cm³/mol. The molecule has 19 heavy (non-hydrogen) atoms. The molecular weight excluding hydrogens is 346 g/mol. The van der Waals surface area contributed by atoms with Gasteiger partial charge in [-0.2, -0.15) is 0 Å². The van der Waals surface area contributed by atoms with E-state index in [0.717, 1.165) is 31.6 Å². The van der Waals surface area contributed by atoms with Crippen molar-refractivity contribution >= 4 is 44.9 Å². The van der Waals surface area contributed by atoms with Crippen molar-refractivity contribution in [2.45, 2.75) is 10.8 Å². The number of hydrogen-bond acceptors (Lipinski definition) is 3. The quantitative estimate of drug-likeness (QED) is 0.651. The van der Waals surface area contributed by atoms with E-state index in [1.165, 1.54) is 0 Å². The Hall–Kier alpha value is -1.04. The second-order valence-corrected chi connectivity index (χ2v) is 6.09. The molecular formula is C13H9BrClN3S. The summed E-state index contributed by atoms with van der Waals surface area (Å²) in [6.07, 6.45) is 5.56. The molecule has 3 nitrogen and oxygen atoms in total. The molecule has 0 radical (unpaired) electrons. The van der Waals surface area contributed by atoms with Crippen LogP contribution in [-0.4, -0.2) is 14.4 Å². The summed E-state index contributed by atoms with van der Waals surface area (Å²) >= 11 is 11.2. The minimum absolute atomic E-state index is 0.769. The van der Waals surface area contributed by atoms with E-state index in [4.69, 9.17) is 11.6 Å². The maximum atomic E-state index is 6.16. The summed E-state index contributed by atoms with van der Waals surface area (Å²) in [5.41, 5.74) is 1.96. The molecule has 3 rings (SSSR count). The zero-order valence-corrected chi connectivity index (χ0v) is 12.9. The number of fused-ring (bicyclic) bond motifs is 1. The summed E-state index contributed by atoms with van der Waals surface area (Å²) in [5.74, 6) is 0.769. The summed E-state index contributed by atoms with van der Waals surface area (Å²) in [6, 6.07) is 7.84. The van der Waals surface area contributed by atoms with Crippen LogP contribution in [0.5, 0.6) is 0 Å². The Balaban J connectivity index is 1.90. The highest BCUT2D eigenvalue weighted by atomic mass is 79.9. The third kappa shape index (κ3) is 2.78. The van der Waals surface area contributed by atoms with Crippen LogP contribution >= 0.6 is 39.3 Å². The molecule has 6 heteroatoms. The first-order chi connectivity index (χ1) is 9.24. The van der Waals surface area contributed by atoms with Gasteiger partial charge in [0.25, 0.3) is 0 Å². The standard InChI is InChI=1S/C13H9BrClN3S/c14-11-7-18-6-5-16-12(18)13(17-11)19-8-9-3-1-2-4-10(9)15/h1-7H,8H2. The van der Waals surface area contributed by atoms with E-state index in [1.807, 2.05) is 41.1 Å².